The number of hydrogen-bond acceptors (Lipinski definition) is 14. The molecule has 0 aromatic carbocycles. The van der Waals surface area contributed by atoms with E-state index in [9.17, 15) is 26.3 Å². The topological polar surface area (TPSA) is 341 Å². The van der Waals surface area contributed by atoms with Crippen LogP contribution in [0.25, 0.3) is 0 Å². The van der Waals surface area contributed by atoms with Crippen LogP contribution in [-0.2, 0) is 142 Å². The van der Waals surface area contributed by atoms with Gasteiger partial charge in [0, 0.05) is 97.5 Å². The van der Waals surface area contributed by atoms with Gasteiger partial charge in [-0.1, -0.05) is 36.4 Å². The molecule has 0 unspecified atom stereocenters. The summed E-state index contributed by atoms with van der Waals surface area (Å²) >= 11 is 0. The van der Waals surface area contributed by atoms with E-state index in [-0.39, 0.29) is 82.6 Å². The van der Waals surface area contributed by atoms with Crippen LogP contribution in [0.2, 0.25) is 0 Å². The third-order valence-corrected chi connectivity index (χ3v) is 8.37. The molecule has 0 N–H and O–H groups in total. The van der Waals surface area contributed by atoms with Crippen molar-refractivity contribution in [2.75, 3.05) is 0 Å². The molecule has 0 saturated carbocycles. The van der Waals surface area contributed by atoms with E-state index in [4.69, 9.17) is 25.9 Å². The van der Waals surface area contributed by atoms with E-state index in [1.54, 1.807) is 0 Å². The SMILES string of the molecule is O=S(=O)([O-])C(F)(F)F.O=S(=O)([O-])C(F)(F)F.[Fe+4].[Fe+4].[Mo].[O-2].[O-2].[O-2].[O-2].[O-2].c1ccc(CN(Cc2ccccn2)Cc2ccccn2)nc1.c1ccc(CN(Cc2ccccn2)Cc2ccccn2)nc1. The van der Waals surface area contributed by atoms with Crippen molar-refractivity contribution < 1.29 is 135 Å². The predicted octanol–water partition coefficient (Wildman–Crippen LogP) is 5.65. The molecule has 0 aliphatic heterocycles. The molecule has 6 aromatic heterocycles. The van der Waals surface area contributed by atoms with Crippen LogP contribution in [-0.4, -0.2) is 76.7 Å². The molecule has 30 heteroatoms. The first kappa shape index (κ1) is 75.3. The number of rotatable bonds is 12. The number of nitrogens with zero attached hydrogens (tertiary/aromatic N) is 8. The quantitative estimate of drug-likeness (QED) is 0.0619. The monoisotopic (exact) mass is 1170 g/mol. The van der Waals surface area contributed by atoms with Crippen molar-refractivity contribution in [1.82, 2.24) is 39.7 Å². The zero-order valence-electron chi connectivity index (χ0n) is 34.4. The molecule has 0 aliphatic carbocycles. The Morgan fingerprint density at radius 3 is 0.588 bits per heavy atom. The Labute approximate surface area is 423 Å². The molecule has 0 saturated heterocycles. The molecule has 6 aromatic rings. The van der Waals surface area contributed by atoms with Gasteiger partial charge in [-0.2, -0.15) is 26.3 Å². The minimum absolute atomic E-state index is 0. The number of hydrogen-bond donors (Lipinski definition) is 0. The van der Waals surface area contributed by atoms with Crippen LogP contribution in [0, 0.1) is 0 Å². The number of pyridine rings is 6. The summed E-state index contributed by atoms with van der Waals surface area (Å²) < 4.78 is 118. The molecule has 0 atom stereocenters. The van der Waals surface area contributed by atoms with Gasteiger partial charge in [-0.05, 0) is 72.8 Å². The van der Waals surface area contributed by atoms with E-state index >= 15 is 0 Å². The molecule has 6 rings (SSSR count). The van der Waals surface area contributed by atoms with Crippen LogP contribution >= 0.6 is 0 Å². The summed E-state index contributed by atoms with van der Waals surface area (Å²) in [5.41, 5.74) is -4.99. The zero-order chi connectivity index (χ0) is 44.1. The summed E-state index contributed by atoms with van der Waals surface area (Å²) in [7, 11) is -12.2. The summed E-state index contributed by atoms with van der Waals surface area (Å²) in [4.78, 5) is 31.1. The fraction of sp³-hybridized carbons (Fsp3) is 0.211. The molecule has 0 radical (unpaired) electrons. The first-order valence-electron chi connectivity index (χ1n) is 17.2. The maximum atomic E-state index is 10.7. The number of halogens is 6. The van der Waals surface area contributed by atoms with Crippen LogP contribution in [0.3, 0.4) is 0 Å². The molecule has 0 fully saturated rings. The molecule has 0 aliphatic rings. The van der Waals surface area contributed by atoms with E-state index in [0.717, 1.165) is 73.4 Å². The third kappa shape index (κ3) is 31.0. The van der Waals surface area contributed by atoms with E-state index < -0.39 is 31.3 Å². The second-order valence-electron chi connectivity index (χ2n) is 12.0. The van der Waals surface area contributed by atoms with E-state index in [1.165, 1.54) is 0 Å². The van der Waals surface area contributed by atoms with Gasteiger partial charge in [-0.15, -0.1) is 0 Å². The van der Waals surface area contributed by atoms with Gasteiger partial charge in [0.05, 0.1) is 34.2 Å². The van der Waals surface area contributed by atoms with Crippen LogP contribution in [0.5, 0.6) is 0 Å². The molecular weight excluding hydrogens is 1130 g/mol. The van der Waals surface area contributed by atoms with Gasteiger partial charge >= 0.3 is 45.2 Å². The molecule has 0 bridgehead atoms. The fourth-order valence-electron chi connectivity index (χ4n) is 4.66. The Balaban J connectivity index is -0.000000198. The van der Waals surface area contributed by atoms with Crippen molar-refractivity contribution in [2.24, 2.45) is 0 Å². The van der Waals surface area contributed by atoms with Gasteiger partial charge in [0.2, 0.25) is 0 Å². The third-order valence-electron chi connectivity index (χ3n) is 7.24. The Hall–Kier alpha value is -4.25. The zero-order valence-corrected chi connectivity index (χ0v) is 40.2. The maximum absolute atomic E-state index is 10.7. The first-order valence-corrected chi connectivity index (χ1v) is 20.0. The van der Waals surface area contributed by atoms with Crippen molar-refractivity contribution in [2.45, 2.75) is 50.3 Å². The summed E-state index contributed by atoms with van der Waals surface area (Å²) in [6.45, 7) is 4.63. The molecule has 0 spiro atoms. The van der Waals surface area contributed by atoms with Gasteiger partial charge in [-0.25, -0.2) is 16.8 Å². The van der Waals surface area contributed by atoms with Crippen molar-refractivity contribution in [3.8, 4) is 0 Å². The molecule has 19 nitrogen and oxygen atoms in total. The molecule has 374 valence electrons. The van der Waals surface area contributed by atoms with Crippen molar-refractivity contribution in [1.29, 1.82) is 0 Å². The Bertz CT molecular complexity index is 1980. The van der Waals surface area contributed by atoms with Crippen LogP contribution in [0.4, 0.5) is 26.3 Å². The van der Waals surface area contributed by atoms with Gasteiger partial charge in [0.15, 0.2) is 20.2 Å². The van der Waals surface area contributed by atoms with E-state index in [1.807, 2.05) is 146 Å². The molecule has 68 heavy (non-hydrogen) atoms. The summed E-state index contributed by atoms with van der Waals surface area (Å²) in [6, 6.07) is 36.0. The average Bonchev–Trinajstić information content (AvgIpc) is 3.19. The largest absolute Gasteiger partial charge is 4.00 e. The second-order valence-corrected chi connectivity index (χ2v) is 14.8. The van der Waals surface area contributed by atoms with Crippen molar-refractivity contribution in [3.63, 3.8) is 0 Å². The Kier molecular flexibility index (Phi) is 41.6. The average molecular weight is 1170 g/mol. The van der Waals surface area contributed by atoms with E-state index in [2.05, 4.69) is 39.7 Å². The predicted molar refractivity (Wildman–Crippen MR) is 206 cm³/mol. The minimum atomic E-state index is -6.09. The van der Waals surface area contributed by atoms with E-state index in [0.29, 0.717) is 0 Å². The van der Waals surface area contributed by atoms with Crippen molar-refractivity contribution in [3.05, 3.63) is 181 Å². The fourth-order valence-corrected chi connectivity index (χ4v) is 4.66. The normalized spacial score (nSPS) is 10.3. The Morgan fingerprint density at radius 2 is 0.500 bits per heavy atom. The number of aromatic nitrogens is 6. The molecule has 0 amide bonds. The van der Waals surface area contributed by atoms with Gasteiger partial charge < -0.3 is 36.5 Å². The minimum Gasteiger partial charge on any atom is -2.00 e. The van der Waals surface area contributed by atoms with Gasteiger partial charge in [-0.3, -0.25) is 39.7 Å². The second kappa shape index (κ2) is 37.6. The van der Waals surface area contributed by atoms with Crippen molar-refractivity contribution >= 4 is 20.2 Å². The van der Waals surface area contributed by atoms with Crippen LogP contribution in [0.15, 0.2) is 146 Å². The summed E-state index contributed by atoms with van der Waals surface area (Å²) in [5, 5.41) is 0. The van der Waals surface area contributed by atoms with Gasteiger partial charge in [0.25, 0.3) is 0 Å². The number of alkyl halides is 6. The van der Waals surface area contributed by atoms with Gasteiger partial charge in [0.1, 0.15) is 0 Å². The van der Waals surface area contributed by atoms with Crippen LogP contribution in [0.1, 0.15) is 34.2 Å². The molecular formula is C38H36F6Fe2MoN8O11S2-4. The first-order chi connectivity index (χ1) is 28.3. The smallest absolute Gasteiger partial charge is 2.00 e. The Morgan fingerprint density at radius 1 is 0.368 bits per heavy atom. The summed E-state index contributed by atoms with van der Waals surface area (Å²) in [5.74, 6) is 0. The summed E-state index contributed by atoms with van der Waals surface area (Å²) in [6.07, 6.45) is 11.0. The maximum Gasteiger partial charge on any atom is 4.00 e. The standard InChI is InChI=1S/2C18H18N4.2CHF3O3S.2Fe.Mo.5O/c2*1-4-10-19-16(7-1)13-22(14-17-8-2-5-11-20-17)15-18-9-3-6-12-21-18;2*2-1(3,4)8(5,6)7;;;;;;;;/h2*1-12H,13-15H2;2*(H,5,6,7);;;;;;;;/q;;;;2*+4;;5*-2/p-2. The van der Waals surface area contributed by atoms with Crippen LogP contribution < -0.4 is 0 Å². The molecule has 6 heterocycles.